The average Bonchev–Trinajstić information content (AvgIpc) is 1.58. The molecule has 6 heteroatoms. The molecule has 5 nitrogen and oxygen atoms in total. The van der Waals surface area contributed by atoms with Crippen molar-refractivity contribution in [3.8, 4) is 0 Å². The summed E-state index contributed by atoms with van der Waals surface area (Å²) in [6.45, 7) is 0. The molecule has 0 unspecified atom stereocenters. The minimum absolute atomic E-state index is 0. The van der Waals surface area contributed by atoms with E-state index >= 15 is 0 Å². The summed E-state index contributed by atoms with van der Waals surface area (Å²) in [6.07, 6.45) is -1.43. The molecule has 58 valence electrons. The summed E-state index contributed by atoms with van der Waals surface area (Å²) in [7, 11) is 0. The van der Waals surface area contributed by atoms with E-state index in [9.17, 15) is 14.4 Å². The first-order chi connectivity index (χ1) is 4.52. The fourth-order valence-corrected chi connectivity index (χ4v) is 0.400. The van der Waals surface area contributed by atoms with Crippen LogP contribution in [0.1, 0.15) is 12.8 Å². The number of carbonyl (C=O) groups is 3. The van der Waals surface area contributed by atoms with Crippen LogP contribution in [0.15, 0.2) is 0 Å². The van der Waals surface area contributed by atoms with Gasteiger partial charge in [0.2, 0.25) is 0 Å². The Morgan fingerprint density at radius 2 is 1.18 bits per heavy atom. The van der Waals surface area contributed by atoms with Crippen molar-refractivity contribution in [2.75, 3.05) is 0 Å². The number of hydrogen-bond acceptors (Lipinski definition) is 3. The molecule has 0 atom stereocenters. The van der Waals surface area contributed by atoms with Gasteiger partial charge in [0.15, 0.2) is 5.78 Å². The third kappa shape index (κ3) is 9.21. The van der Waals surface area contributed by atoms with E-state index in [0.29, 0.717) is 0 Å². The van der Waals surface area contributed by atoms with Gasteiger partial charge in [-0.2, -0.15) is 0 Å². The van der Waals surface area contributed by atoms with Crippen molar-refractivity contribution in [2.45, 2.75) is 12.8 Å². The van der Waals surface area contributed by atoms with Crippen LogP contribution in [0.4, 0.5) is 0 Å². The molecular formula is C5H7LiO5. The fourth-order valence-electron chi connectivity index (χ4n) is 0.400. The quantitative estimate of drug-likeness (QED) is 0.394. The third-order valence-electron chi connectivity index (χ3n) is 0.697. The molecule has 0 aliphatic rings. The molecular weight excluding hydrogens is 147 g/mol. The summed E-state index contributed by atoms with van der Waals surface area (Å²) < 4.78 is 0. The zero-order valence-corrected chi connectivity index (χ0v) is 5.03. The Balaban J connectivity index is 0. The standard InChI is InChI=1S/C5H6O5.Li.H/c6-3(1-4(7)8)2-5(9)10;;/h1-2H2,(H,7,8)(H,9,10);;. The van der Waals surface area contributed by atoms with Crippen LogP contribution < -0.4 is 0 Å². The molecule has 0 saturated carbocycles. The molecule has 0 radical (unpaired) electrons. The van der Waals surface area contributed by atoms with E-state index in [1.54, 1.807) is 0 Å². The van der Waals surface area contributed by atoms with Crippen LogP contribution in [0, 0.1) is 0 Å². The van der Waals surface area contributed by atoms with E-state index in [0.717, 1.165) is 0 Å². The molecule has 0 aliphatic carbocycles. The van der Waals surface area contributed by atoms with Gasteiger partial charge in [-0.1, -0.05) is 0 Å². The minimum atomic E-state index is -1.30. The number of aliphatic carboxylic acids is 2. The van der Waals surface area contributed by atoms with Gasteiger partial charge in [-0.15, -0.1) is 0 Å². The maximum atomic E-state index is 10.3. The van der Waals surface area contributed by atoms with Gasteiger partial charge in [0.25, 0.3) is 0 Å². The van der Waals surface area contributed by atoms with Crippen molar-refractivity contribution in [1.29, 1.82) is 0 Å². The number of Topliss-reactive ketones (excluding diaryl/α,β-unsaturated/α-hetero) is 1. The monoisotopic (exact) mass is 154 g/mol. The Bertz CT molecular complexity index is 158. The number of carboxylic acid groups (broad SMARTS) is 2. The Morgan fingerprint density at radius 3 is 1.36 bits per heavy atom. The van der Waals surface area contributed by atoms with Crippen molar-refractivity contribution < 1.29 is 24.6 Å². The molecule has 2 N–H and O–H groups in total. The van der Waals surface area contributed by atoms with E-state index in [1.165, 1.54) is 0 Å². The van der Waals surface area contributed by atoms with Crippen LogP contribution in [-0.2, 0) is 14.4 Å². The van der Waals surface area contributed by atoms with Crippen LogP contribution in [0.5, 0.6) is 0 Å². The molecule has 0 aromatic rings. The number of carbonyl (C=O) groups excluding carboxylic acids is 1. The molecule has 11 heavy (non-hydrogen) atoms. The Morgan fingerprint density at radius 1 is 0.909 bits per heavy atom. The van der Waals surface area contributed by atoms with Gasteiger partial charge in [0.05, 0.1) is 0 Å². The number of carboxylic acids is 2. The second-order valence-corrected chi connectivity index (χ2v) is 1.68. The second-order valence-electron chi connectivity index (χ2n) is 1.68. The number of rotatable bonds is 4. The van der Waals surface area contributed by atoms with Gasteiger partial charge >= 0.3 is 30.8 Å². The Labute approximate surface area is 74.6 Å². The Kier molecular flexibility index (Phi) is 6.95. The SMILES string of the molecule is O=C(O)CC(=O)CC(=O)O.[LiH]. The first-order valence-corrected chi connectivity index (χ1v) is 2.47. The normalized spacial score (nSPS) is 8.00. The van der Waals surface area contributed by atoms with Gasteiger partial charge < -0.3 is 10.2 Å². The molecule has 0 spiro atoms. The van der Waals surface area contributed by atoms with Crippen LogP contribution in [0.2, 0.25) is 0 Å². The van der Waals surface area contributed by atoms with Gasteiger partial charge in [0, 0.05) is 0 Å². The summed E-state index contributed by atoms with van der Waals surface area (Å²) in [5.41, 5.74) is 0. The van der Waals surface area contributed by atoms with Crippen molar-refractivity contribution in [3.63, 3.8) is 0 Å². The van der Waals surface area contributed by atoms with E-state index in [-0.39, 0.29) is 18.9 Å². The van der Waals surface area contributed by atoms with Crippen molar-refractivity contribution in [2.24, 2.45) is 0 Å². The summed E-state index contributed by atoms with van der Waals surface area (Å²) in [5.74, 6) is -3.39. The van der Waals surface area contributed by atoms with E-state index < -0.39 is 30.6 Å². The van der Waals surface area contributed by atoms with Gasteiger partial charge in [-0.05, 0) is 0 Å². The zero-order valence-electron chi connectivity index (χ0n) is 5.03. The van der Waals surface area contributed by atoms with Crippen LogP contribution >= 0.6 is 0 Å². The van der Waals surface area contributed by atoms with Crippen molar-refractivity contribution >= 4 is 36.6 Å². The van der Waals surface area contributed by atoms with Gasteiger partial charge in [0.1, 0.15) is 12.8 Å². The molecule has 0 heterocycles. The van der Waals surface area contributed by atoms with E-state index in [2.05, 4.69) is 0 Å². The average molecular weight is 154 g/mol. The van der Waals surface area contributed by atoms with E-state index in [4.69, 9.17) is 10.2 Å². The molecule has 0 fully saturated rings. The number of hydrogen-bond donors (Lipinski definition) is 2. The van der Waals surface area contributed by atoms with Crippen LogP contribution in [-0.4, -0.2) is 46.8 Å². The Hall–Kier alpha value is -0.793. The molecule has 0 rings (SSSR count). The summed E-state index contributed by atoms with van der Waals surface area (Å²) in [6, 6.07) is 0. The first kappa shape index (κ1) is 12.8. The van der Waals surface area contributed by atoms with Crippen LogP contribution in [0.25, 0.3) is 0 Å². The van der Waals surface area contributed by atoms with Crippen LogP contribution in [0.3, 0.4) is 0 Å². The van der Waals surface area contributed by atoms with Crippen molar-refractivity contribution in [1.82, 2.24) is 0 Å². The van der Waals surface area contributed by atoms with E-state index in [1.807, 2.05) is 0 Å². The summed E-state index contributed by atoms with van der Waals surface area (Å²) in [5, 5.41) is 16.0. The summed E-state index contributed by atoms with van der Waals surface area (Å²) in [4.78, 5) is 29.9. The summed E-state index contributed by atoms with van der Waals surface area (Å²) >= 11 is 0. The molecule has 0 amide bonds. The zero-order chi connectivity index (χ0) is 8.15. The third-order valence-corrected chi connectivity index (χ3v) is 0.697. The van der Waals surface area contributed by atoms with Gasteiger partial charge in [-0.3, -0.25) is 14.4 Å². The second kappa shape index (κ2) is 5.95. The first-order valence-electron chi connectivity index (χ1n) is 2.47. The molecule has 0 saturated heterocycles. The fraction of sp³-hybridized carbons (Fsp3) is 0.400. The predicted molar refractivity (Wildman–Crippen MR) is 36.7 cm³/mol. The number of ketones is 1. The molecule has 0 aromatic carbocycles. The van der Waals surface area contributed by atoms with Crippen molar-refractivity contribution in [3.05, 3.63) is 0 Å². The molecule has 0 aliphatic heterocycles. The topological polar surface area (TPSA) is 91.7 Å². The van der Waals surface area contributed by atoms with Gasteiger partial charge in [-0.25, -0.2) is 0 Å². The molecule has 0 bridgehead atoms. The predicted octanol–water partition coefficient (Wildman–Crippen LogP) is -1.14. The molecule has 0 aromatic heterocycles. The maximum absolute atomic E-state index is 10.3.